The molecule has 0 aromatic rings. The number of carboxylic acids is 1. The Balaban J connectivity index is 3.50. The average molecular weight is 133 g/mol. The van der Waals surface area contributed by atoms with E-state index in [1.807, 2.05) is 0 Å². The summed E-state index contributed by atoms with van der Waals surface area (Å²) in [6.45, 7) is 0. The zero-order valence-electron chi connectivity index (χ0n) is 4.69. The van der Waals surface area contributed by atoms with Crippen LogP contribution in [0.2, 0.25) is 6.32 Å². The van der Waals surface area contributed by atoms with Crippen LogP contribution in [-0.4, -0.2) is 34.3 Å². The van der Waals surface area contributed by atoms with E-state index in [2.05, 4.69) is 0 Å². The van der Waals surface area contributed by atoms with Crippen molar-refractivity contribution in [1.82, 2.24) is 0 Å². The predicted octanol–water partition coefficient (Wildman–Crippen LogP) is -2.13. The van der Waals surface area contributed by atoms with E-state index in [1.165, 1.54) is 0 Å². The van der Waals surface area contributed by atoms with Gasteiger partial charge in [0.2, 0.25) is 0 Å². The van der Waals surface area contributed by atoms with Crippen molar-refractivity contribution in [2.24, 2.45) is 5.73 Å². The van der Waals surface area contributed by atoms with E-state index in [0.717, 1.165) is 0 Å². The number of hydrogen-bond acceptors (Lipinski definition) is 4. The highest BCUT2D eigenvalue weighted by atomic mass is 16.4. The fourth-order valence-corrected chi connectivity index (χ4v) is 0.328. The van der Waals surface area contributed by atoms with Gasteiger partial charge in [-0.3, -0.25) is 4.79 Å². The molecule has 0 amide bonds. The Labute approximate surface area is 52.2 Å². The van der Waals surface area contributed by atoms with Crippen molar-refractivity contribution in [1.29, 1.82) is 0 Å². The van der Waals surface area contributed by atoms with Crippen molar-refractivity contribution in [3.63, 3.8) is 0 Å². The van der Waals surface area contributed by atoms with E-state index in [-0.39, 0.29) is 6.32 Å². The van der Waals surface area contributed by atoms with Crippen molar-refractivity contribution in [3.8, 4) is 0 Å². The summed E-state index contributed by atoms with van der Waals surface area (Å²) in [6, 6.07) is -1.19. The second kappa shape index (κ2) is 3.44. The van der Waals surface area contributed by atoms with Gasteiger partial charge in [-0.2, -0.15) is 0 Å². The molecule has 0 aromatic heterocycles. The lowest BCUT2D eigenvalue weighted by molar-refractivity contribution is -0.138. The molecule has 5 nitrogen and oxygen atoms in total. The van der Waals surface area contributed by atoms with Gasteiger partial charge in [0.15, 0.2) is 0 Å². The first-order valence-electron chi connectivity index (χ1n) is 2.38. The van der Waals surface area contributed by atoms with Crippen molar-refractivity contribution < 1.29 is 19.9 Å². The van der Waals surface area contributed by atoms with Crippen molar-refractivity contribution >= 4 is 13.1 Å². The van der Waals surface area contributed by atoms with Gasteiger partial charge in [-0.05, 0) is 0 Å². The molecule has 1 atom stereocenters. The third-order valence-corrected chi connectivity index (χ3v) is 0.782. The molecular weight excluding hydrogens is 125 g/mol. The van der Waals surface area contributed by atoms with Crippen LogP contribution >= 0.6 is 0 Å². The van der Waals surface area contributed by atoms with Crippen LogP contribution in [0.3, 0.4) is 0 Å². The Morgan fingerprint density at radius 2 is 2.11 bits per heavy atom. The summed E-state index contributed by atoms with van der Waals surface area (Å²) >= 11 is 0. The van der Waals surface area contributed by atoms with E-state index in [4.69, 9.17) is 20.9 Å². The lowest BCUT2D eigenvalue weighted by atomic mass is 9.82. The summed E-state index contributed by atoms with van der Waals surface area (Å²) < 4.78 is 0. The second-order valence-corrected chi connectivity index (χ2v) is 1.66. The maximum Gasteiger partial charge on any atom is 0.453 e. The molecule has 0 heterocycles. The molecule has 0 spiro atoms. The summed E-state index contributed by atoms with van der Waals surface area (Å²) in [7, 11) is -1.64. The summed E-state index contributed by atoms with van der Waals surface area (Å²) in [4.78, 5) is 9.89. The number of nitrogens with two attached hydrogens (primary N) is 1. The molecule has 0 aliphatic heterocycles. The lowest BCUT2D eigenvalue weighted by Crippen LogP contribution is -2.34. The van der Waals surface area contributed by atoms with Gasteiger partial charge in [-0.25, -0.2) is 0 Å². The summed E-state index contributed by atoms with van der Waals surface area (Å²) in [5.41, 5.74) is 4.90. The van der Waals surface area contributed by atoms with E-state index in [9.17, 15) is 4.79 Å². The minimum absolute atomic E-state index is 0.338. The first kappa shape index (κ1) is 8.41. The van der Waals surface area contributed by atoms with E-state index in [1.54, 1.807) is 0 Å². The smallest absolute Gasteiger partial charge is 0.453 e. The van der Waals surface area contributed by atoms with Crippen LogP contribution in [-0.2, 0) is 4.79 Å². The SMILES string of the molecule is N[C@@H](CB(O)O)C(=O)O. The molecule has 9 heavy (non-hydrogen) atoms. The maximum absolute atomic E-state index is 9.89. The molecule has 0 aliphatic carbocycles. The van der Waals surface area contributed by atoms with E-state index < -0.39 is 19.1 Å². The minimum Gasteiger partial charge on any atom is -0.480 e. The van der Waals surface area contributed by atoms with Crippen LogP contribution in [0.25, 0.3) is 0 Å². The van der Waals surface area contributed by atoms with Gasteiger partial charge in [0.05, 0.1) is 0 Å². The highest BCUT2D eigenvalue weighted by Gasteiger charge is 2.18. The van der Waals surface area contributed by atoms with Crippen LogP contribution in [0.4, 0.5) is 0 Å². The first-order chi connectivity index (χ1) is 4.04. The molecule has 0 rings (SSSR count). The first-order valence-corrected chi connectivity index (χ1v) is 2.38. The summed E-state index contributed by atoms with van der Waals surface area (Å²) in [5.74, 6) is -1.23. The topological polar surface area (TPSA) is 104 Å². The molecule has 0 fully saturated rings. The van der Waals surface area contributed by atoms with Gasteiger partial charge in [-0.15, -0.1) is 0 Å². The minimum atomic E-state index is -1.64. The summed E-state index contributed by atoms with van der Waals surface area (Å²) in [6.07, 6.45) is -0.338. The standard InChI is InChI=1S/C3H8BNO4/c5-2(3(6)7)1-4(8)9/h2,8-9H,1,5H2,(H,6,7)/t2-/m0/s1. The van der Waals surface area contributed by atoms with Crippen LogP contribution < -0.4 is 5.73 Å². The fraction of sp³-hybridized carbons (Fsp3) is 0.667. The van der Waals surface area contributed by atoms with Gasteiger partial charge >= 0.3 is 13.1 Å². The predicted molar refractivity (Wildman–Crippen MR) is 30.6 cm³/mol. The summed E-state index contributed by atoms with van der Waals surface area (Å²) in [5, 5.41) is 24.5. The molecule has 52 valence electrons. The molecule has 0 saturated carbocycles. The quantitative estimate of drug-likeness (QED) is 0.329. The van der Waals surface area contributed by atoms with E-state index in [0.29, 0.717) is 0 Å². The normalized spacial score (nSPS) is 12.8. The van der Waals surface area contributed by atoms with E-state index >= 15 is 0 Å². The maximum atomic E-state index is 9.89. The molecule has 0 saturated heterocycles. The van der Waals surface area contributed by atoms with Crippen molar-refractivity contribution in [2.75, 3.05) is 0 Å². The van der Waals surface area contributed by atoms with Gasteiger partial charge < -0.3 is 20.9 Å². The number of carbonyl (C=O) groups is 1. The van der Waals surface area contributed by atoms with Gasteiger partial charge in [-0.1, -0.05) is 0 Å². The molecular formula is C3H8BNO4. The second-order valence-electron chi connectivity index (χ2n) is 1.66. The van der Waals surface area contributed by atoms with Crippen LogP contribution in [0.15, 0.2) is 0 Å². The molecule has 0 bridgehead atoms. The Morgan fingerprint density at radius 1 is 1.67 bits per heavy atom. The Morgan fingerprint density at radius 3 is 2.22 bits per heavy atom. The number of carboxylic acid groups (broad SMARTS) is 1. The largest absolute Gasteiger partial charge is 0.480 e. The molecule has 0 aromatic carbocycles. The molecule has 0 unspecified atom stereocenters. The molecule has 5 N–H and O–H groups in total. The number of aliphatic carboxylic acids is 1. The highest BCUT2D eigenvalue weighted by Crippen LogP contribution is 1.89. The molecule has 0 radical (unpaired) electrons. The van der Waals surface area contributed by atoms with Gasteiger partial charge in [0, 0.05) is 6.32 Å². The van der Waals surface area contributed by atoms with Crippen LogP contribution in [0, 0.1) is 0 Å². The zero-order valence-corrected chi connectivity index (χ0v) is 4.69. The highest BCUT2D eigenvalue weighted by molar-refractivity contribution is 6.41. The Kier molecular flexibility index (Phi) is 3.22. The molecule has 0 aliphatic rings. The average Bonchev–Trinajstić information content (AvgIpc) is 1.63. The number of hydrogen-bond donors (Lipinski definition) is 4. The number of rotatable bonds is 3. The van der Waals surface area contributed by atoms with Crippen LogP contribution in [0.5, 0.6) is 0 Å². The third-order valence-electron chi connectivity index (χ3n) is 0.782. The molecule has 6 heteroatoms. The fourth-order valence-electron chi connectivity index (χ4n) is 0.328. The Bertz CT molecular complexity index is 106. The van der Waals surface area contributed by atoms with Crippen LogP contribution in [0.1, 0.15) is 0 Å². The zero-order chi connectivity index (χ0) is 7.44. The van der Waals surface area contributed by atoms with Crippen molar-refractivity contribution in [2.45, 2.75) is 12.4 Å². The van der Waals surface area contributed by atoms with Crippen molar-refractivity contribution in [3.05, 3.63) is 0 Å². The van der Waals surface area contributed by atoms with Gasteiger partial charge in [0.1, 0.15) is 6.04 Å². The van der Waals surface area contributed by atoms with Gasteiger partial charge in [0.25, 0.3) is 0 Å². The monoisotopic (exact) mass is 133 g/mol. The Hall–Kier alpha value is -0.585. The third kappa shape index (κ3) is 3.95. The lowest BCUT2D eigenvalue weighted by Gasteiger charge is -2.02.